The molecule has 4 rings (SSSR count). The van der Waals surface area contributed by atoms with Crippen molar-refractivity contribution in [1.82, 2.24) is 10.6 Å². The van der Waals surface area contributed by atoms with Gasteiger partial charge in [-0.15, -0.1) is 0 Å². The molecule has 2 aliphatic heterocycles. The highest BCUT2D eigenvalue weighted by atomic mass is 16.6. The van der Waals surface area contributed by atoms with E-state index in [4.69, 9.17) is 9.47 Å². The van der Waals surface area contributed by atoms with Crippen LogP contribution >= 0.6 is 0 Å². The zero-order valence-electron chi connectivity index (χ0n) is 18.9. The van der Waals surface area contributed by atoms with Crippen molar-refractivity contribution < 1.29 is 23.9 Å². The van der Waals surface area contributed by atoms with Gasteiger partial charge in [-0.05, 0) is 30.9 Å². The molecule has 2 heterocycles. The van der Waals surface area contributed by atoms with Gasteiger partial charge in [0.25, 0.3) is 0 Å². The Balaban J connectivity index is 1.41. The molecule has 1 aromatic rings. The summed E-state index contributed by atoms with van der Waals surface area (Å²) in [5.74, 6) is 0.295. The third-order valence-corrected chi connectivity index (χ3v) is 6.83. The van der Waals surface area contributed by atoms with Crippen molar-refractivity contribution >= 4 is 23.4 Å². The van der Waals surface area contributed by atoms with Crippen LogP contribution in [-0.2, 0) is 14.4 Å². The summed E-state index contributed by atoms with van der Waals surface area (Å²) in [4.78, 5) is 40.3. The summed E-state index contributed by atoms with van der Waals surface area (Å²) in [5, 5.41) is 6.06. The maximum absolute atomic E-state index is 13.1. The van der Waals surface area contributed by atoms with E-state index in [1.165, 1.54) is 0 Å². The number of carbonyl (C=O) groups excluding carboxylic acids is 3. The highest BCUT2D eigenvalue weighted by Gasteiger charge is 2.38. The third-order valence-electron chi connectivity index (χ3n) is 6.83. The Kier molecular flexibility index (Phi) is 6.86. The Hall–Kier alpha value is -2.77. The van der Waals surface area contributed by atoms with Gasteiger partial charge < -0.3 is 25.0 Å². The molecule has 0 bridgehead atoms. The summed E-state index contributed by atoms with van der Waals surface area (Å²) in [6.45, 7) is 5.23. The standard InChI is InChI=1S/C24H33N3O5/c1-3-15(2)22(24(30)25-17-6-4-5-7-17)26-23(29)16-12-21(28)27(14-16)18-8-9-19-20(13-18)32-11-10-31-19/h8-9,13,15-17,22H,3-7,10-12,14H2,1-2H3,(H,25,30)(H,26,29)/t15?,16?,22-/m1/s1. The molecule has 2 unspecified atom stereocenters. The number of amides is 3. The number of ether oxygens (including phenoxy) is 2. The Morgan fingerprint density at radius 3 is 2.59 bits per heavy atom. The fraction of sp³-hybridized carbons (Fsp3) is 0.625. The zero-order valence-corrected chi connectivity index (χ0v) is 18.9. The van der Waals surface area contributed by atoms with E-state index in [0.29, 0.717) is 30.4 Å². The van der Waals surface area contributed by atoms with Gasteiger partial charge in [0.1, 0.15) is 19.3 Å². The van der Waals surface area contributed by atoms with E-state index in [2.05, 4.69) is 10.6 Å². The normalized spacial score (nSPS) is 22.5. The Morgan fingerprint density at radius 2 is 1.88 bits per heavy atom. The lowest BCUT2D eigenvalue weighted by Gasteiger charge is -2.26. The van der Waals surface area contributed by atoms with E-state index < -0.39 is 12.0 Å². The van der Waals surface area contributed by atoms with E-state index in [1.807, 2.05) is 19.9 Å². The number of carbonyl (C=O) groups is 3. The van der Waals surface area contributed by atoms with E-state index in [9.17, 15) is 14.4 Å². The van der Waals surface area contributed by atoms with Gasteiger partial charge in [-0.2, -0.15) is 0 Å². The van der Waals surface area contributed by atoms with Crippen LogP contribution in [0.25, 0.3) is 0 Å². The predicted octanol–water partition coefficient (Wildman–Crippen LogP) is 2.40. The minimum absolute atomic E-state index is 0.00588. The summed E-state index contributed by atoms with van der Waals surface area (Å²) >= 11 is 0. The number of hydrogen-bond donors (Lipinski definition) is 2. The summed E-state index contributed by atoms with van der Waals surface area (Å²) in [7, 11) is 0. The first kappa shape index (κ1) is 22.4. The van der Waals surface area contributed by atoms with E-state index >= 15 is 0 Å². The minimum atomic E-state index is -0.591. The van der Waals surface area contributed by atoms with Crippen molar-refractivity contribution in [3.8, 4) is 11.5 Å². The molecule has 32 heavy (non-hydrogen) atoms. The zero-order chi connectivity index (χ0) is 22.7. The molecular weight excluding hydrogens is 410 g/mol. The predicted molar refractivity (Wildman–Crippen MR) is 120 cm³/mol. The fourth-order valence-electron chi connectivity index (χ4n) is 4.67. The molecule has 1 aliphatic carbocycles. The summed E-state index contributed by atoms with van der Waals surface area (Å²) < 4.78 is 11.2. The van der Waals surface area contributed by atoms with Crippen LogP contribution in [-0.4, -0.2) is 49.6 Å². The van der Waals surface area contributed by atoms with Gasteiger partial charge in [0.2, 0.25) is 17.7 Å². The van der Waals surface area contributed by atoms with Crippen LogP contribution in [0.4, 0.5) is 5.69 Å². The monoisotopic (exact) mass is 443 g/mol. The molecule has 2 N–H and O–H groups in total. The van der Waals surface area contributed by atoms with E-state index in [1.54, 1.807) is 17.0 Å². The second-order valence-electron chi connectivity index (χ2n) is 9.10. The maximum Gasteiger partial charge on any atom is 0.243 e. The van der Waals surface area contributed by atoms with Crippen LogP contribution in [0.15, 0.2) is 18.2 Å². The minimum Gasteiger partial charge on any atom is -0.486 e. The highest BCUT2D eigenvalue weighted by molar-refractivity contribution is 6.01. The van der Waals surface area contributed by atoms with Crippen LogP contribution in [0.5, 0.6) is 11.5 Å². The van der Waals surface area contributed by atoms with Crippen LogP contribution in [0.2, 0.25) is 0 Å². The maximum atomic E-state index is 13.1. The van der Waals surface area contributed by atoms with Crippen molar-refractivity contribution in [2.75, 3.05) is 24.7 Å². The number of nitrogens with zero attached hydrogens (tertiary/aromatic N) is 1. The van der Waals surface area contributed by atoms with Gasteiger partial charge in [-0.3, -0.25) is 14.4 Å². The molecule has 8 nitrogen and oxygen atoms in total. The lowest BCUT2D eigenvalue weighted by molar-refractivity contribution is -0.132. The summed E-state index contributed by atoms with van der Waals surface area (Å²) in [6.07, 6.45) is 5.15. The smallest absolute Gasteiger partial charge is 0.243 e. The van der Waals surface area contributed by atoms with Gasteiger partial charge in [-0.1, -0.05) is 33.1 Å². The Morgan fingerprint density at radius 1 is 1.16 bits per heavy atom. The Labute approximate surface area is 189 Å². The third kappa shape index (κ3) is 4.84. The van der Waals surface area contributed by atoms with Crippen molar-refractivity contribution in [2.45, 2.75) is 64.5 Å². The number of hydrogen-bond acceptors (Lipinski definition) is 5. The van der Waals surface area contributed by atoms with Crippen molar-refractivity contribution in [3.63, 3.8) is 0 Å². The first-order valence-electron chi connectivity index (χ1n) is 11.8. The van der Waals surface area contributed by atoms with Crippen molar-refractivity contribution in [2.24, 2.45) is 11.8 Å². The summed E-state index contributed by atoms with van der Waals surface area (Å²) in [5.41, 5.74) is 0.687. The quantitative estimate of drug-likeness (QED) is 0.675. The molecule has 0 aromatic heterocycles. The van der Waals surface area contributed by atoms with Crippen LogP contribution in [0.3, 0.4) is 0 Å². The van der Waals surface area contributed by atoms with Crippen LogP contribution < -0.4 is 25.0 Å². The van der Waals surface area contributed by atoms with Gasteiger partial charge >= 0.3 is 0 Å². The average molecular weight is 444 g/mol. The van der Waals surface area contributed by atoms with Crippen molar-refractivity contribution in [3.05, 3.63) is 18.2 Å². The molecule has 8 heteroatoms. The molecule has 174 valence electrons. The lowest BCUT2D eigenvalue weighted by Crippen LogP contribution is -2.53. The fourth-order valence-corrected chi connectivity index (χ4v) is 4.67. The Bertz CT molecular complexity index is 867. The van der Waals surface area contributed by atoms with Crippen LogP contribution in [0, 0.1) is 11.8 Å². The molecule has 1 saturated carbocycles. The second kappa shape index (κ2) is 9.79. The molecule has 1 aromatic carbocycles. The molecule has 3 atom stereocenters. The first-order valence-corrected chi connectivity index (χ1v) is 11.8. The number of nitrogens with one attached hydrogen (secondary N) is 2. The molecule has 3 amide bonds. The topological polar surface area (TPSA) is 97.0 Å². The largest absolute Gasteiger partial charge is 0.486 e. The molecule has 1 saturated heterocycles. The van der Waals surface area contributed by atoms with Gasteiger partial charge in [0.05, 0.1) is 5.92 Å². The highest BCUT2D eigenvalue weighted by Crippen LogP contribution is 2.36. The number of fused-ring (bicyclic) bond motifs is 1. The van der Waals surface area contributed by atoms with E-state index in [-0.39, 0.29) is 42.6 Å². The number of benzene rings is 1. The summed E-state index contributed by atoms with van der Waals surface area (Å²) in [6, 6.07) is 4.99. The van der Waals surface area contributed by atoms with Gasteiger partial charge in [0, 0.05) is 30.8 Å². The number of anilines is 1. The van der Waals surface area contributed by atoms with Crippen LogP contribution in [0.1, 0.15) is 52.4 Å². The molecule has 0 radical (unpaired) electrons. The molecule has 2 fully saturated rings. The molecule has 0 spiro atoms. The van der Waals surface area contributed by atoms with Gasteiger partial charge in [0.15, 0.2) is 11.5 Å². The first-order chi connectivity index (χ1) is 15.5. The second-order valence-corrected chi connectivity index (χ2v) is 9.10. The molecular formula is C24H33N3O5. The average Bonchev–Trinajstić information content (AvgIpc) is 3.46. The lowest BCUT2D eigenvalue weighted by atomic mass is 9.96. The number of rotatable bonds is 7. The SMILES string of the molecule is CCC(C)[C@@H](NC(=O)C1CC(=O)N(c2ccc3c(c2)OCCO3)C1)C(=O)NC1CCCC1. The van der Waals surface area contributed by atoms with Gasteiger partial charge in [-0.25, -0.2) is 0 Å². The van der Waals surface area contributed by atoms with E-state index in [0.717, 1.165) is 32.1 Å². The van der Waals surface area contributed by atoms with Crippen molar-refractivity contribution in [1.29, 1.82) is 0 Å². The molecule has 3 aliphatic rings.